The maximum atomic E-state index is 12.8. The Hall–Kier alpha value is -0.830. The van der Waals surface area contributed by atoms with Crippen molar-refractivity contribution in [2.24, 2.45) is 0 Å². The van der Waals surface area contributed by atoms with Gasteiger partial charge >= 0.3 is 0 Å². The summed E-state index contributed by atoms with van der Waals surface area (Å²) in [7, 11) is -3.43. The Bertz CT molecular complexity index is 669. The molecule has 1 N–H and O–H groups in total. The summed E-state index contributed by atoms with van der Waals surface area (Å²) in [5.41, 5.74) is 1.18. The van der Waals surface area contributed by atoms with Gasteiger partial charge in [0.15, 0.2) is 5.11 Å². The van der Waals surface area contributed by atoms with Crippen molar-refractivity contribution in [3.63, 3.8) is 0 Å². The summed E-state index contributed by atoms with van der Waals surface area (Å²) in [6.07, 6.45) is 5.19. The number of sulfonamides is 1. The molecule has 1 aromatic carbocycles. The van der Waals surface area contributed by atoms with Gasteiger partial charge in [-0.2, -0.15) is 16.1 Å². The van der Waals surface area contributed by atoms with E-state index < -0.39 is 10.0 Å². The molecule has 0 bridgehead atoms. The van der Waals surface area contributed by atoms with Gasteiger partial charge in [-0.3, -0.25) is 0 Å². The highest BCUT2D eigenvalue weighted by molar-refractivity contribution is 7.98. The van der Waals surface area contributed by atoms with Crippen LogP contribution in [0.15, 0.2) is 29.2 Å². The Morgan fingerprint density at radius 3 is 2.42 bits per heavy atom. The van der Waals surface area contributed by atoms with Gasteiger partial charge in [-0.05, 0) is 54.8 Å². The highest BCUT2D eigenvalue weighted by Crippen LogP contribution is 2.19. The number of piperazine rings is 1. The average Bonchev–Trinajstić information content (AvgIpc) is 2.66. The van der Waals surface area contributed by atoms with Crippen molar-refractivity contribution in [2.75, 3.05) is 44.7 Å². The molecule has 0 radical (unpaired) electrons. The van der Waals surface area contributed by atoms with E-state index in [1.807, 2.05) is 23.9 Å². The summed E-state index contributed by atoms with van der Waals surface area (Å²) in [6, 6.07) is 7.29. The third-order valence-electron chi connectivity index (χ3n) is 4.43. The molecule has 0 atom stereocenters. The summed E-state index contributed by atoms with van der Waals surface area (Å²) in [4.78, 5) is 2.44. The molecule has 8 heteroatoms. The van der Waals surface area contributed by atoms with E-state index in [0.29, 0.717) is 31.1 Å². The standard InChI is InChI=1S/C18H29N3O2S3/c1-3-5-16-6-8-17(9-7-16)26(22,23)21-13-11-20(12-14-21)18(24)19-10-4-15-25-2/h6-9H,3-5,10-15H2,1-2H3,(H,19,24). The monoisotopic (exact) mass is 415 g/mol. The van der Waals surface area contributed by atoms with E-state index in [0.717, 1.165) is 36.7 Å². The quantitative estimate of drug-likeness (QED) is 0.520. The van der Waals surface area contributed by atoms with Crippen LogP contribution in [0.25, 0.3) is 0 Å². The Balaban J connectivity index is 1.88. The van der Waals surface area contributed by atoms with Crippen molar-refractivity contribution in [3.05, 3.63) is 29.8 Å². The van der Waals surface area contributed by atoms with Crippen LogP contribution in [0.5, 0.6) is 0 Å². The number of hydrogen-bond donors (Lipinski definition) is 1. The summed E-state index contributed by atoms with van der Waals surface area (Å²) >= 11 is 7.25. The van der Waals surface area contributed by atoms with Crippen LogP contribution >= 0.6 is 24.0 Å². The fourth-order valence-corrected chi connectivity index (χ4v) is 5.06. The minimum Gasteiger partial charge on any atom is -0.363 e. The van der Waals surface area contributed by atoms with Crippen LogP contribution in [0.3, 0.4) is 0 Å². The highest BCUT2D eigenvalue weighted by Gasteiger charge is 2.29. The molecule has 1 fully saturated rings. The summed E-state index contributed by atoms with van der Waals surface area (Å²) in [6.45, 7) is 5.16. The molecule has 26 heavy (non-hydrogen) atoms. The number of nitrogens with zero attached hydrogens (tertiary/aromatic N) is 2. The summed E-state index contributed by atoms with van der Waals surface area (Å²) in [5.74, 6) is 1.11. The number of rotatable bonds is 8. The van der Waals surface area contributed by atoms with Gasteiger partial charge in [-0.1, -0.05) is 25.5 Å². The molecule has 1 saturated heterocycles. The van der Waals surface area contributed by atoms with Crippen LogP contribution in [-0.2, 0) is 16.4 Å². The fraction of sp³-hybridized carbons (Fsp3) is 0.611. The van der Waals surface area contributed by atoms with Gasteiger partial charge < -0.3 is 10.2 Å². The lowest BCUT2D eigenvalue weighted by molar-refractivity contribution is 0.264. The molecule has 1 aromatic rings. The van der Waals surface area contributed by atoms with Crippen LogP contribution in [0.1, 0.15) is 25.3 Å². The van der Waals surface area contributed by atoms with Crippen molar-refractivity contribution in [3.8, 4) is 0 Å². The van der Waals surface area contributed by atoms with Crippen molar-refractivity contribution < 1.29 is 8.42 Å². The molecule has 146 valence electrons. The zero-order valence-corrected chi connectivity index (χ0v) is 18.1. The molecular weight excluding hydrogens is 386 g/mol. The second kappa shape index (κ2) is 10.5. The minimum atomic E-state index is -3.43. The normalized spacial score (nSPS) is 15.8. The summed E-state index contributed by atoms with van der Waals surface area (Å²) < 4.78 is 27.2. The summed E-state index contributed by atoms with van der Waals surface area (Å²) in [5, 5.41) is 4.00. The predicted molar refractivity (Wildman–Crippen MR) is 114 cm³/mol. The maximum Gasteiger partial charge on any atom is 0.243 e. The van der Waals surface area contributed by atoms with Gasteiger partial charge in [0.05, 0.1) is 4.90 Å². The Morgan fingerprint density at radius 2 is 1.85 bits per heavy atom. The number of hydrogen-bond acceptors (Lipinski definition) is 4. The van der Waals surface area contributed by atoms with E-state index in [1.54, 1.807) is 16.4 Å². The van der Waals surface area contributed by atoms with Gasteiger partial charge in [-0.25, -0.2) is 8.42 Å². The van der Waals surface area contributed by atoms with E-state index in [-0.39, 0.29) is 0 Å². The van der Waals surface area contributed by atoms with Gasteiger partial charge in [0, 0.05) is 32.7 Å². The highest BCUT2D eigenvalue weighted by atomic mass is 32.2. The first-order valence-corrected chi connectivity index (χ1v) is 12.3. The molecule has 0 amide bonds. The number of benzene rings is 1. The molecule has 0 spiro atoms. The fourth-order valence-electron chi connectivity index (χ4n) is 2.92. The molecule has 1 heterocycles. The number of aryl methyl sites for hydroxylation is 1. The number of thioether (sulfide) groups is 1. The lowest BCUT2D eigenvalue weighted by Gasteiger charge is -2.35. The van der Waals surface area contributed by atoms with Crippen molar-refractivity contribution >= 4 is 39.1 Å². The Kier molecular flexibility index (Phi) is 8.66. The van der Waals surface area contributed by atoms with Crippen molar-refractivity contribution in [1.29, 1.82) is 0 Å². The van der Waals surface area contributed by atoms with Gasteiger partial charge in [0.1, 0.15) is 0 Å². The van der Waals surface area contributed by atoms with Crippen LogP contribution < -0.4 is 5.32 Å². The molecule has 0 unspecified atom stereocenters. The smallest absolute Gasteiger partial charge is 0.243 e. The van der Waals surface area contributed by atoms with E-state index in [2.05, 4.69) is 23.4 Å². The van der Waals surface area contributed by atoms with Gasteiger partial charge in [0.2, 0.25) is 10.0 Å². The average molecular weight is 416 g/mol. The largest absolute Gasteiger partial charge is 0.363 e. The van der Waals surface area contributed by atoms with Crippen LogP contribution in [-0.4, -0.2) is 67.5 Å². The zero-order valence-electron chi connectivity index (χ0n) is 15.6. The minimum absolute atomic E-state index is 0.378. The molecule has 5 nitrogen and oxygen atoms in total. The number of thiocarbonyl (C=S) groups is 1. The SMILES string of the molecule is CCCc1ccc(S(=O)(=O)N2CCN(C(=S)NCCCSC)CC2)cc1. The van der Waals surface area contributed by atoms with E-state index in [4.69, 9.17) is 12.2 Å². The first-order chi connectivity index (χ1) is 12.5. The molecule has 1 aliphatic rings. The molecule has 0 saturated carbocycles. The van der Waals surface area contributed by atoms with E-state index in [9.17, 15) is 8.42 Å². The lowest BCUT2D eigenvalue weighted by atomic mass is 10.1. The third kappa shape index (κ3) is 5.84. The predicted octanol–water partition coefficient (Wildman–Crippen LogP) is 2.57. The van der Waals surface area contributed by atoms with Crippen molar-refractivity contribution in [2.45, 2.75) is 31.1 Å². The molecule has 2 rings (SSSR count). The second-order valence-electron chi connectivity index (χ2n) is 6.36. The zero-order chi connectivity index (χ0) is 19.0. The molecule has 0 aliphatic carbocycles. The first-order valence-electron chi connectivity index (χ1n) is 9.10. The van der Waals surface area contributed by atoms with Crippen molar-refractivity contribution in [1.82, 2.24) is 14.5 Å². The van der Waals surface area contributed by atoms with Gasteiger partial charge in [0.25, 0.3) is 0 Å². The Morgan fingerprint density at radius 1 is 1.19 bits per heavy atom. The topological polar surface area (TPSA) is 52.7 Å². The lowest BCUT2D eigenvalue weighted by Crippen LogP contribution is -2.53. The van der Waals surface area contributed by atoms with Crippen LogP contribution in [0, 0.1) is 0 Å². The third-order valence-corrected chi connectivity index (χ3v) is 7.44. The maximum absolute atomic E-state index is 12.8. The number of nitrogens with one attached hydrogen (secondary N) is 1. The molecule has 1 aliphatic heterocycles. The van der Waals surface area contributed by atoms with Crippen LogP contribution in [0.4, 0.5) is 0 Å². The second-order valence-corrected chi connectivity index (χ2v) is 9.67. The molecule has 0 aromatic heterocycles. The van der Waals surface area contributed by atoms with E-state index >= 15 is 0 Å². The first kappa shape index (κ1) is 21.5. The van der Waals surface area contributed by atoms with Gasteiger partial charge in [-0.15, -0.1) is 0 Å². The Labute approximate surface area is 167 Å². The molecular formula is C18H29N3O2S3. The van der Waals surface area contributed by atoms with Crippen LogP contribution in [0.2, 0.25) is 0 Å². The van der Waals surface area contributed by atoms with E-state index in [1.165, 1.54) is 5.56 Å².